The molecule has 3 aromatic carbocycles. The maximum atomic E-state index is 13.9. The SMILES string of the molecule is CCOc1ccc(CN2C(=O)C(O)=C(C(=O)c3sc(-c4ccccc4)nc3C)C2c2ccccc2)cc1. The predicted octanol–water partition coefficient (Wildman–Crippen LogP) is 6.30. The number of aliphatic hydroxyl groups excluding tert-OH is 1. The number of aliphatic hydroxyl groups is 1. The van der Waals surface area contributed by atoms with E-state index in [0.29, 0.717) is 22.2 Å². The van der Waals surface area contributed by atoms with Gasteiger partial charge in [0.1, 0.15) is 10.8 Å². The van der Waals surface area contributed by atoms with E-state index in [-0.39, 0.29) is 17.9 Å². The van der Waals surface area contributed by atoms with E-state index < -0.39 is 17.7 Å². The highest BCUT2D eigenvalue weighted by atomic mass is 32.1. The van der Waals surface area contributed by atoms with Gasteiger partial charge in [0, 0.05) is 12.1 Å². The average molecular weight is 511 g/mol. The van der Waals surface area contributed by atoms with Crippen LogP contribution in [0.15, 0.2) is 96.3 Å². The third kappa shape index (κ3) is 4.78. The molecule has 1 aromatic heterocycles. The van der Waals surface area contributed by atoms with Crippen LogP contribution in [0.25, 0.3) is 10.6 Å². The lowest BCUT2D eigenvalue weighted by atomic mass is 9.95. The Hall–Kier alpha value is -4.23. The second-order valence-electron chi connectivity index (χ2n) is 8.71. The molecule has 37 heavy (non-hydrogen) atoms. The van der Waals surface area contributed by atoms with Crippen molar-refractivity contribution in [3.8, 4) is 16.3 Å². The number of aryl methyl sites for hydroxylation is 1. The van der Waals surface area contributed by atoms with Crippen molar-refractivity contribution in [2.45, 2.75) is 26.4 Å². The van der Waals surface area contributed by atoms with Gasteiger partial charge in [0.2, 0.25) is 5.78 Å². The van der Waals surface area contributed by atoms with Gasteiger partial charge in [0.05, 0.1) is 28.8 Å². The molecule has 5 rings (SSSR count). The Morgan fingerprint density at radius 1 is 1.00 bits per heavy atom. The van der Waals surface area contributed by atoms with E-state index in [1.54, 1.807) is 11.8 Å². The molecule has 186 valence electrons. The van der Waals surface area contributed by atoms with Crippen molar-refractivity contribution in [3.05, 3.63) is 118 Å². The number of hydrogen-bond donors (Lipinski definition) is 1. The van der Waals surface area contributed by atoms with Crippen LogP contribution in [0.4, 0.5) is 0 Å². The van der Waals surface area contributed by atoms with E-state index in [1.807, 2.05) is 91.9 Å². The number of aromatic nitrogens is 1. The maximum absolute atomic E-state index is 13.9. The summed E-state index contributed by atoms with van der Waals surface area (Å²) in [6.45, 7) is 4.48. The van der Waals surface area contributed by atoms with E-state index in [0.717, 1.165) is 22.4 Å². The summed E-state index contributed by atoms with van der Waals surface area (Å²) >= 11 is 1.27. The summed E-state index contributed by atoms with van der Waals surface area (Å²) in [5, 5.41) is 11.7. The van der Waals surface area contributed by atoms with Gasteiger partial charge in [-0.05, 0) is 37.1 Å². The molecule has 0 saturated heterocycles. The molecular formula is C30H26N2O4S. The van der Waals surface area contributed by atoms with Gasteiger partial charge in [-0.3, -0.25) is 9.59 Å². The normalized spacial score (nSPS) is 15.4. The number of amides is 1. The zero-order valence-electron chi connectivity index (χ0n) is 20.5. The molecule has 6 nitrogen and oxygen atoms in total. The third-order valence-corrected chi connectivity index (χ3v) is 7.48. The zero-order valence-corrected chi connectivity index (χ0v) is 21.4. The lowest BCUT2D eigenvalue weighted by Gasteiger charge is -2.27. The molecule has 2 heterocycles. The van der Waals surface area contributed by atoms with Crippen molar-refractivity contribution in [2.24, 2.45) is 0 Å². The number of hydrogen-bond acceptors (Lipinski definition) is 6. The fourth-order valence-electron chi connectivity index (χ4n) is 4.52. The third-order valence-electron chi connectivity index (χ3n) is 6.27. The summed E-state index contributed by atoms with van der Waals surface area (Å²) in [5.41, 5.74) is 3.16. The van der Waals surface area contributed by atoms with Crippen molar-refractivity contribution in [2.75, 3.05) is 6.61 Å². The molecule has 0 spiro atoms. The summed E-state index contributed by atoms with van der Waals surface area (Å²) in [5.74, 6) is -0.730. The predicted molar refractivity (Wildman–Crippen MR) is 144 cm³/mol. The first-order valence-corrected chi connectivity index (χ1v) is 12.9. The Bertz CT molecular complexity index is 1460. The maximum Gasteiger partial charge on any atom is 0.290 e. The Morgan fingerprint density at radius 3 is 2.30 bits per heavy atom. The van der Waals surface area contributed by atoms with Gasteiger partial charge in [-0.25, -0.2) is 4.98 Å². The van der Waals surface area contributed by atoms with Gasteiger partial charge in [0.25, 0.3) is 5.91 Å². The Labute approximate surface area is 219 Å². The smallest absolute Gasteiger partial charge is 0.290 e. The largest absolute Gasteiger partial charge is 0.503 e. The van der Waals surface area contributed by atoms with Crippen molar-refractivity contribution in [1.29, 1.82) is 0 Å². The van der Waals surface area contributed by atoms with E-state index in [1.165, 1.54) is 11.3 Å². The fourth-order valence-corrected chi connectivity index (χ4v) is 5.54. The van der Waals surface area contributed by atoms with Crippen LogP contribution in [-0.2, 0) is 11.3 Å². The number of nitrogens with zero attached hydrogens (tertiary/aromatic N) is 2. The van der Waals surface area contributed by atoms with Crippen LogP contribution < -0.4 is 4.74 Å². The van der Waals surface area contributed by atoms with Crippen LogP contribution >= 0.6 is 11.3 Å². The lowest BCUT2D eigenvalue weighted by Crippen LogP contribution is -2.30. The topological polar surface area (TPSA) is 79.7 Å². The Kier molecular flexibility index (Phi) is 6.88. The quantitative estimate of drug-likeness (QED) is 0.282. The number of ketones is 1. The second kappa shape index (κ2) is 10.4. The molecular weight excluding hydrogens is 484 g/mol. The average Bonchev–Trinajstić information content (AvgIpc) is 3.43. The molecule has 0 fully saturated rings. The van der Waals surface area contributed by atoms with E-state index in [9.17, 15) is 14.7 Å². The Morgan fingerprint density at radius 2 is 1.65 bits per heavy atom. The minimum absolute atomic E-state index is 0.0773. The van der Waals surface area contributed by atoms with Gasteiger partial charge in [-0.1, -0.05) is 72.8 Å². The Balaban J connectivity index is 1.52. The first-order chi connectivity index (χ1) is 18.0. The molecule has 1 N–H and O–H groups in total. The molecule has 1 aliphatic rings. The summed E-state index contributed by atoms with van der Waals surface area (Å²) in [6.07, 6.45) is 0. The van der Waals surface area contributed by atoms with E-state index in [4.69, 9.17) is 4.74 Å². The number of rotatable bonds is 8. The molecule has 1 aliphatic heterocycles. The van der Waals surface area contributed by atoms with E-state index >= 15 is 0 Å². The van der Waals surface area contributed by atoms with Crippen LogP contribution in [0.1, 0.15) is 39.5 Å². The standard InChI is InChI=1S/C30H26N2O4S/c1-3-36-23-16-14-20(15-17-23)18-32-25(21-10-6-4-7-11-21)24(27(34)30(32)35)26(33)28-19(2)31-29(37-28)22-12-8-5-9-13-22/h4-17,25,34H,3,18H2,1-2H3. The van der Waals surface area contributed by atoms with Crippen molar-refractivity contribution in [1.82, 2.24) is 9.88 Å². The molecule has 4 aromatic rings. The van der Waals surface area contributed by atoms with Crippen molar-refractivity contribution in [3.63, 3.8) is 0 Å². The highest BCUT2D eigenvalue weighted by Gasteiger charge is 2.44. The van der Waals surface area contributed by atoms with Crippen LogP contribution in [0, 0.1) is 6.92 Å². The first kappa shape index (κ1) is 24.5. The monoisotopic (exact) mass is 510 g/mol. The summed E-state index contributed by atoms with van der Waals surface area (Å²) in [6, 6.07) is 25.7. The second-order valence-corrected chi connectivity index (χ2v) is 9.71. The van der Waals surface area contributed by atoms with Crippen LogP contribution in [0.5, 0.6) is 5.75 Å². The first-order valence-electron chi connectivity index (χ1n) is 12.1. The number of carbonyl (C=O) groups is 2. The van der Waals surface area contributed by atoms with Crippen LogP contribution in [0.3, 0.4) is 0 Å². The minimum atomic E-state index is -0.727. The summed E-state index contributed by atoms with van der Waals surface area (Å²) < 4.78 is 5.52. The highest BCUT2D eigenvalue weighted by Crippen LogP contribution is 2.41. The molecule has 7 heteroatoms. The molecule has 1 unspecified atom stereocenters. The number of thiazole rings is 1. The van der Waals surface area contributed by atoms with Gasteiger partial charge in [0.15, 0.2) is 5.76 Å². The van der Waals surface area contributed by atoms with E-state index in [2.05, 4.69) is 4.98 Å². The number of benzene rings is 3. The van der Waals surface area contributed by atoms with Crippen LogP contribution in [-0.4, -0.2) is 33.3 Å². The zero-order chi connectivity index (χ0) is 25.9. The van der Waals surface area contributed by atoms with Gasteiger partial charge < -0.3 is 14.7 Å². The number of ether oxygens (including phenoxy) is 1. The van der Waals surface area contributed by atoms with Crippen molar-refractivity contribution >= 4 is 23.0 Å². The molecule has 0 radical (unpaired) electrons. The minimum Gasteiger partial charge on any atom is -0.503 e. The van der Waals surface area contributed by atoms with Gasteiger partial charge in [-0.2, -0.15) is 0 Å². The van der Waals surface area contributed by atoms with Gasteiger partial charge in [-0.15, -0.1) is 11.3 Å². The number of carbonyl (C=O) groups excluding carboxylic acids is 2. The number of Topliss-reactive ketones (excluding diaryl/α,β-unsaturated/α-hetero) is 1. The molecule has 0 saturated carbocycles. The fraction of sp³-hybridized carbons (Fsp3) is 0.167. The van der Waals surface area contributed by atoms with Gasteiger partial charge >= 0.3 is 0 Å². The molecule has 0 bridgehead atoms. The molecule has 1 amide bonds. The molecule has 0 aliphatic carbocycles. The summed E-state index contributed by atoms with van der Waals surface area (Å²) in [4.78, 5) is 33.8. The van der Waals surface area contributed by atoms with Crippen molar-refractivity contribution < 1.29 is 19.4 Å². The molecule has 1 atom stereocenters. The highest BCUT2D eigenvalue weighted by molar-refractivity contribution is 7.17. The lowest BCUT2D eigenvalue weighted by molar-refractivity contribution is -0.130. The van der Waals surface area contributed by atoms with Crippen LogP contribution in [0.2, 0.25) is 0 Å². The summed E-state index contributed by atoms with van der Waals surface area (Å²) in [7, 11) is 0.